The van der Waals surface area contributed by atoms with Crippen LogP contribution in [0, 0.1) is 11.3 Å². The van der Waals surface area contributed by atoms with Gasteiger partial charge in [-0.15, -0.1) is 0 Å². The topological polar surface area (TPSA) is 76.7 Å². The van der Waals surface area contributed by atoms with Gasteiger partial charge in [0.05, 0.1) is 39.4 Å². The predicted octanol–water partition coefficient (Wildman–Crippen LogP) is 7.86. The summed E-state index contributed by atoms with van der Waals surface area (Å²) in [6, 6.07) is 41.2. The van der Waals surface area contributed by atoms with E-state index in [4.69, 9.17) is 15.0 Å². The van der Waals surface area contributed by atoms with Crippen LogP contribution in [0.15, 0.2) is 128 Å². The number of hydrogen-bond donors (Lipinski definition) is 0. The van der Waals surface area contributed by atoms with E-state index in [1.54, 1.807) is 12.4 Å². The fraction of sp³-hybridized carbons (Fsp3) is 0. The minimum Gasteiger partial charge on any atom is -0.278 e. The van der Waals surface area contributed by atoms with Crippen LogP contribution in [0.1, 0.15) is 5.56 Å². The molecule has 0 N–H and O–H groups in total. The van der Waals surface area contributed by atoms with E-state index in [1.165, 1.54) is 0 Å². The first kappa shape index (κ1) is 23.4. The smallest absolute Gasteiger partial charge is 0.220 e. The van der Waals surface area contributed by atoms with Crippen LogP contribution >= 0.6 is 0 Å². The molecule has 0 fully saturated rings. The second-order valence-corrected chi connectivity index (χ2v) is 10.5. The van der Waals surface area contributed by atoms with Crippen LogP contribution in [0.2, 0.25) is 0 Å². The van der Waals surface area contributed by atoms with Gasteiger partial charge in [0.15, 0.2) is 0 Å². The molecule has 0 atom stereocenters. The molecule has 5 aromatic heterocycles. The molecular formula is C36H21N7. The van der Waals surface area contributed by atoms with Crippen LogP contribution in [0.25, 0.3) is 72.4 Å². The molecule has 0 saturated carbocycles. The molecule has 0 aliphatic carbocycles. The number of nitriles is 1. The van der Waals surface area contributed by atoms with Crippen molar-refractivity contribution in [1.82, 2.24) is 28.5 Å². The third-order valence-corrected chi connectivity index (χ3v) is 8.18. The maximum atomic E-state index is 9.89. The monoisotopic (exact) mass is 551 g/mol. The third kappa shape index (κ3) is 3.32. The first-order chi connectivity index (χ1) is 21.3. The zero-order valence-corrected chi connectivity index (χ0v) is 22.8. The first-order valence-corrected chi connectivity index (χ1v) is 14.0. The number of rotatable bonds is 3. The Hall–Kier alpha value is -6.26. The van der Waals surface area contributed by atoms with Gasteiger partial charge in [-0.3, -0.25) is 13.5 Å². The van der Waals surface area contributed by atoms with E-state index in [-0.39, 0.29) is 0 Å². The molecule has 7 heteroatoms. The Bertz CT molecular complexity index is 2540. The lowest BCUT2D eigenvalue weighted by atomic mass is 10.00. The zero-order valence-electron chi connectivity index (χ0n) is 22.8. The summed E-state index contributed by atoms with van der Waals surface area (Å²) >= 11 is 0. The van der Waals surface area contributed by atoms with Gasteiger partial charge in [-0.1, -0.05) is 36.4 Å². The van der Waals surface area contributed by atoms with Crippen LogP contribution < -0.4 is 0 Å². The molecule has 0 saturated heterocycles. The Morgan fingerprint density at radius 1 is 0.605 bits per heavy atom. The van der Waals surface area contributed by atoms with Gasteiger partial charge in [0, 0.05) is 34.4 Å². The summed E-state index contributed by atoms with van der Waals surface area (Å²) in [5.74, 6) is 0.848. The van der Waals surface area contributed by atoms with Crippen LogP contribution in [0.5, 0.6) is 0 Å². The minimum absolute atomic E-state index is 0.583. The van der Waals surface area contributed by atoms with E-state index >= 15 is 0 Å². The van der Waals surface area contributed by atoms with Crippen molar-refractivity contribution in [2.45, 2.75) is 0 Å². The van der Waals surface area contributed by atoms with E-state index < -0.39 is 0 Å². The van der Waals surface area contributed by atoms with Crippen LogP contribution in [0.4, 0.5) is 0 Å². The summed E-state index contributed by atoms with van der Waals surface area (Å²) < 4.78 is 6.52. The second kappa shape index (κ2) is 8.87. The number of hydrogen-bond acceptors (Lipinski definition) is 4. The van der Waals surface area contributed by atoms with Gasteiger partial charge in [-0.25, -0.2) is 15.0 Å². The maximum absolute atomic E-state index is 9.89. The molecule has 0 aliphatic heterocycles. The van der Waals surface area contributed by atoms with Gasteiger partial charge in [0.25, 0.3) is 0 Å². The highest BCUT2D eigenvalue weighted by Gasteiger charge is 2.20. The van der Waals surface area contributed by atoms with Crippen molar-refractivity contribution in [2.75, 3.05) is 0 Å². The molecule has 0 amide bonds. The predicted molar refractivity (Wildman–Crippen MR) is 170 cm³/mol. The fourth-order valence-corrected chi connectivity index (χ4v) is 6.35. The SMILES string of the molecule is N#Cc1ccc(-n2c3ncccc3c3cccnc32)c(-c2cccc(-n3c4ccccc4n4c5ccccc5nc34)c2)c1. The Labute approximate surface area is 245 Å². The Kier molecular flexibility index (Phi) is 4.84. The zero-order chi connectivity index (χ0) is 28.5. The van der Waals surface area contributed by atoms with Gasteiger partial charge in [-0.2, -0.15) is 5.26 Å². The summed E-state index contributed by atoms with van der Waals surface area (Å²) in [7, 11) is 0. The number of fused-ring (bicyclic) bond motifs is 8. The van der Waals surface area contributed by atoms with Crippen molar-refractivity contribution in [2.24, 2.45) is 0 Å². The van der Waals surface area contributed by atoms with Crippen molar-refractivity contribution in [3.63, 3.8) is 0 Å². The molecule has 4 aromatic carbocycles. The molecule has 5 heterocycles. The van der Waals surface area contributed by atoms with E-state index in [0.717, 1.165) is 72.4 Å². The average molecular weight is 552 g/mol. The van der Waals surface area contributed by atoms with Gasteiger partial charge < -0.3 is 0 Å². The molecule has 9 rings (SSSR count). The number of aromatic nitrogens is 6. The molecule has 0 bridgehead atoms. The Morgan fingerprint density at radius 3 is 2.09 bits per heavy atom. The van der Waals surface area contributed by atoms with E-state index in [9.17, 15) is 5.26 Å². The normalized spacial score (nSPS) is 11.7. The van der Waals surface area contributed by atoms with Crippen molar-refractivity contribution < 1.29 is 0 Å². The van der Waals surface area contributed by atoms with E-state index in [1.807, 2.05) is 48.5 Å². The largest absolute Gasteiger partial charge is 0.278 e. The molecule has 7 nitrogen and oxygen atoms in total. The van der Waals surface area contributed by atoms with Crippen molar-refractivity contribution >= 4 is 49.9 Å². The first-order valence-electron chi connectivity index (χ1n) is 14.0. The number of pyridine rings is 2. The number of nitrogens with zero attached hydrogens (tertiary/aromatic N) is 7. The average Bonchev–Trinajstić information content (AvgIpc) is 3.71. The van der Waals surface area contributed by atoms with Crippen molar-refractivity contribution in [1.29, 1.82) is 5.26 Å². The third-order valence-electron chi connectivity index (χ3n) is 8.18. The molecule has 43 heavy (non-hydrogen) atoms. The van der Waals surface area contributed by atoms with Crippen molar-refractivity contribution in [3.05, 3.63) is 133 Å². The summed E-state index contributed by atoms with van der Waals surface area (Å²) in [5.41, 5.74) is 10.2. The molecule has 200 valence electrons. The maximum Gasteiger partial charge on any atom is 0.220 e. The molecule has 0 spiro atoms. The number of benzene rings is 4. The summed E-state index contributed by atoms with van der Waals surface area (Å²) in [6.45, 7) is 0. The van der Waals surface area contributed by atoms with Gasteiger partial charge in [0.2, 0.25) is 5.78 Å². The molecule has 0 radical (unpaired) electrons. The highest BCUT2D eigenvalue weighted by Crippen LogP contribution is 2.36. The van der Waals surface area contributed by atoms with Crippen molar-refractivity contribution in [3.8, 4) is 28.6 Å². The Balaban J connectivity index is 1.33. The lowest BCUT2D eigenvalue weighted by Gasteiger charge is -2.15. The van der Waals surface area contributed by atoms with Gasteiger partial charge >= 0.3 is 0 Å². The lowest BCUT2D eigenvalue weighted by Crippen LogP contribution is -2.01. The fourth-order valence-electron chi connectivity index (χ4n) is 6.35. The summed E-state index contributed by atoms with van der Waals surface area (Å²) in [6.07, 6.45) is 3.61. The summed E-state index contributed by atoms with van der Waals surface area (Å²) in [5, 5.41) is 11.9. The number of para-hydroxylation sites is 4. The number of imidazole rings is 2. The van der Waals surface area contributed by atoms with Crippen LogP contribution in [-0.2, 0) is 0 Å². The standard InChI is InChI=1S/C36H21N7/c37-22-23-16-17-30(43-34-26(10-6-18-38-34)27-11-7-19-39-35(27)43)28(20-23)24-8-5-9-25(21-24)41-32-14-3-4-15-33(32)42-31-13-2-1-12-29(31)40-36(41)42/h1-21H. The second-order valence-electron chi connectivity index (χ2n) is 10.5. The highest BCUT2D eigenvalue weighted by atomic mass is 15.2. The Morgan fingerprint density at radius 2 is 1.33 bits per heavy atom. The molecule has 9 aromatic rings. The minimum atomic E-state index is 0.583. The highest BCUT2D eigenvalue weighted by molar-refractivity contribution is 6.07. The molecule has 0 unspecified atom stereocenters. The molecule has 0 aliphatic rings. The molecular weight excluding hydrogens is 530 g/mol. The quantitative estimate of drug-likeness (QED) is 0.224. The lowest BCUT2D eigenvalue weighted by molar-refractivity contribution is 1.10. The summed E-state index contributed by atoms with van der Waals surface area (Å²) in [4.78, 5) is 14.6. The van der Waals surface area contributed by atoms with Gasteiger partial charge in [0.1, 0.15) is 11.3 Å². The van der Waals surface area contributed by atoms with Gasteiger partial charge in [-0.05, 0) is 84.4 Å². The van der Waals surface area contributed by atoms with Crippen LogP contribution in [-0.4, -0.2) is 28.5 Å². The van der Waals surface area contributed by atoms with Crippen LogP contribution in [0.3, 0.4) is 0 Å². The van der Waals surface area contributed by atoms with E-state index in [2.05, 4.69) is 86.3 Å². The van der Waals surface area contributed by atoms with E-state index in [0.29, 0.717) is 5.56 Å².